The van der Waals surface area contributed by atoms with Gasteiger partial charge < -0.3 is 9.47 Å². The van der Waals surface area contributed by atoms with Crippen molar-refractivity contribution in [2.75, 3.05) is 50.2 Å². The third-order valence-corrected chi connectivity index (χ3v) is 7.27. The van der Waals surface area contributed by atoms with Crippen LogP contribution in [0.25, 0.3) is 0 Å². The number of hydrogen-bond donors (Lipinski definition) is 0. The third-order valence-electron chi connectivity index (χ3n) is 4.78. The molecule has 0 radical (unpaired) electrons. The summed E-state index contributed by atoms with van der Waals surface area (Å²) in [4.78, 5) is 4.88. The number of aromatic nitrogens is 3. The highest BCUT2D eigenvalue weighted by atomic mass is 32.2. The lowest BCUT2D eigenvalue weighted by molar-refractivity contribution is 0.168. The maximum absolute atomic E-state index is 4.54. The van der Waals surface area contributed by atoms with Gasteiger partial charge in [-0.25, -0.2) is 0 Å². The van der Waals surface area contributed by atoms with Crippen LogP contribution in [-0.2, 0) is 13.6 Å². The van der Waals surface area contributed by atoms with E-state index in [1.807, 2.05) is 0 Å². The van der Waals surface area contributed by atoms with Gasteiger partial charge in [0.25, 0.3) is 0 Å². The molecular formula is C16H29N5S2. The van der Waals surface area contributed by atoms with Gasteiger partial charge in [-0.2, -0.15) is 23.5 Å². The zero-order chi connectivity index (χ0) is 16.2. The summed E-state index contributed by atoms with van der Waals surface area (Å²) in [6, 6.07) is 0.741. The van der Waals surface area contributed by atoms with E-state index in [-0.39, 0.29) is 0 Å². The maximum Gasteiger partial charge on any atom is 0.146 e. The number of hydrogen-bond acceptors (Lipinski definition) is 6. The Morgan fingerprint density at radius 2 is 1.91 bits per heavy atom. The minimum absolute atomic E-state index is 0.537. The molecule has 2 aliphatic rings. The average molecular weight is 356 g/mol. The Kier molecular flexibility index (Phi) is 6.29. The molecule has 1 aromatic heterocycles. The fourth-order valence-corrected chi connectivity index (χ4v) is 6.14. The molecule has 0 amide bonds. The first-order valence-electron chi connectivity index (χ1n) is 8.57. The Morgan fingerprint density at radius 1 is 1.17 bits per heavy atom. The molecule has 1 unspecified atom stereocenters. The molecule has 5 nitrogen and oxygen atoms in total. The average Bonchev–Trinajstić information content (AvgIpc) is 2.77. The second kappa shape index (κ2) is 8.23. The van der Waals surface area contributed by atoms with E-state index in [0.717, 1.165) is 25.0 Å². The van der Waals surface area contributed by atoms with Crippen LogP contribution in [0, 0.1) is 0 Å². The molecule has 3 heterocycles. The van der Waals surface area contributed by atoms with Crippen LogP contribution in [0.4, 0.5) is 0 Å². The second-order valence-electron chi connectivity index (χ2n) is 6.91. The Bertz CT molecular complexity index is 497. The van der Waals surface area contributed by atoms with E-state index in [4.69, 9.17) is 0 Å². The third kappa shape index (κ3) is 4.44. The molecule has 0 aromatic carbocycles. The standard InChI is InChI=1S/C16H29N5S2/c1-19(2)10-15-17-18-16(20(15)3)13-5-4-6-21(9-13)14-11-22-7-8-23-12-14/h13-14H,4-12H2,1-3H3. The number of thioether (sulfide) groups is 2. The van der Waals surface area contributed by atoms with Gasteiger partial charge in [-0.05, 0) is 33.5 Å². The van der Waals surface area contributed by atoms with E-state index in [2.05, 4.69) is 69.2 Å². The van der Waals surface area contributed by atoms with Gasteiger partial charge in [0, 0.05) is 48.6 Å². The molecule has 0 spiro atoms. The molecule has 2 saturated heterocycles. The van der Waals surface area contributed by atoms with Crippen molar-refractivity contribution in [2.45, 2.75) is 31.3 Å². The van der Waals surface area contributed by atoms with Crippen molar-refractivity contribution in [3.05, 3.63) is 11.6 Å². The van der Waals surface area contributed by atoms with Crippen LogP contribution in [0.2, 0.25) is 0 Å². The van der Waals surface area contributed by atoms with Crippen LogP contribution in [0.1, 0.15) is 30.4 Å². The highest BCUT2D eigenvalue weighted by Gasteiger charge is 2.30. The zero-order valence-electron chi connectivity index (χ0n) is 14.6. The Morgan fingerprint density at radius 3 is 2.61 bits per heavy atom. The normalized spacial score (nSPS) is 25.0. The number of piperidine rings is 1. The van der Waals surface area contributed by atoms with Crippen LogP contribution in [-0.4, -0.2) is 80.8 Å². The molecular weight excluding hydrogens is 326 g/mol. The van der Waals surface area contributed by atoms with Crippen molar-refractivity contribution in [3.63, 3.8) is 0 Å². The number of nitrogens with zero attached hydrogens (tertiary/aromatic N) is 5. The summed E-state index contributed by atoms with van der Waals surface area (Å²) in [6.07, 6.45) is 2.53. The van der Waals surface area contributed by atoms with Crippen molar-refractivity contribution >= 4 is 23.5 Å². The van der Waals surface area contributed by atoms with E-state index < -0.39 is 0 Å². The lowest BCUT2D eigenvalue weighted by atomic mass is 9.96. The van der Waals surface area contributed by atoms with E-state index >= 15 is 0 Å². The Balaban J connectivity index is 1.67. The van der Waals surface area contributed by atoms with Gasteiger partial charge in [-0.15, -0.1) is 10.2 Å². The molecule has 23 heavy (non-hydrogen) atoms. The topological polar surface area (TPSA) is 37.2 Å². The molecule has 130 valence electrons. The summed E-state index contributed by atoms with van der Waals surface area (Å²) in [7, 11) is 6.29. The summed E-state index contributed by atoms with van der Waals surface area (Å²) >= 11 is 4.25. The Labute approximate surface area is 148 Å². The molecule has 1 atom stereocenters. The highest BCUT2D eigenvalue weighted by molar-refractivity contribution is 8.03. The van der Waals surface area contributed by atoms with Gasteiger partial charge in [0.2, 0.25) is 0 Å². The van der Waals surface area contributed by atoms with E-state index in [1.54, 1.807) is 0 Å². The number of rotatable bonds is 4. The molecule has 7 heteroatoms. The van der Waals surface area contributed by atoms with Gasteiger partial charge in [0.15, 0.2) is 0 Å². The van der Waals surface area contributed by atoms with E-state index in [1.165, 1.54) is 48.2 Å². The second-order valence-corrected chi connectivity index (χ2v) is 9.21. The molecule has 2 aliphatic heterocycles. The van der Waals surface area contributed by atoms with Gasteiger partial charge >= 0.3 is 0 Å². The Hall–Kier alpha value is -0.240. The summed E-state index contributed by atoms with van der Waals surface area (Å²) < 4.78 is 2.23. The quantitative estimate of drug-likeness (QED) is 0.821. The predicted molar refractivity (Wildman–Crippen MR) is 100 cm³/mol. The minimum Gasteiger partial charge on any atom is -0.317 e. The molecule has 0 saturated carbocycles. The zero-order valence-corrected chi connectivity index (χ0v) is 16.2. The van der Waals surface area contributed by atoms with Crippen LogP contribution >= 0.6 is 23.5 Å². The fourth-order valence-electron chi connectivity index (χ4n) is 3.52. The van der Waals surface area contributed by atoms with Crippen LogP contribution < -0.4 is 0 Å². The summed E-state index contributed by atoms with van der Waals surface area (Å²) in [5.41, 5.74) is 0. The molecule has 0 bridgehead atoms. The van der Waals surface area contributed by atoms with Crippen molar-refractivity contribution in [1.29, 1.82) is 0 Å². The maximum atomic E-state index is 4.54. The van der Waals surface area contributed by atoms with Crippen LogP contribution in [0.3, 0.4) is 0 Å². The highest BCUT2D eigenvalue weighted by Crippen LogP contribution is 2.29. The first-order chi connectivity index (χ1) is 11.1. The summed E-state index contributed by atoms with van der Waals surface area (Å²) in [5, 5.41) is 8.97. The molecule has 2 fully saturated rings. The predicted octanol–water partition coefficient (Wildman–Crippen LogP) is 1.90. The SMILES string of the molecule is CN(C)Cc1nnc(C2CCCN(C3CSCCSC3)C2)n1C. The van der Waals surface area contributed by atoms with Crippen molar-refractivity contribution in [1.82, 2.24) is 24.6 Å². The largest absolute Gasteiger partial charge is 0.317 e. The minimum atomic E-state index is 0.537. The van der Waals surface area contributed by atoms with Crippen molar-refractivity contribution in [2.24, 2.45) is 7.05 Å². The lowest BCUT2D eigenvalue weighted by Gasteiger charge is -2.37. The van der Waals surface area contributed by atoms with E-state index in [9.17, 15) is 0 Å². The van der Waals surface area contributed by atoms with Gasteiger partial charge in [0.1, 0.15) is 11.6 Å². The molecule has 3 rings (SSSR count). The monoisotopic (exact) mass is 355 g/mol. The molecule has 0 aliphatic carbocycles. The number of likely N-dealkylation sites (tertiary alicyclic amines) is 1. The first-order valence-corrected chi connectivity index (χ1v) is 10.9. The van der Waals surface area contributed by atoms with E-state index in [0.29, 0.717) is 5.92 Å². The first kappa shape index (κ1) is 17.6. The van der Waals surface area contributed by atoms with Crippen molar-refractivity contribution in [3.8, 4) is 0 Å². The summed E-state index contributed by atoms with van der Waals surface area (Å²) in [6.45, 7) is 3.26. The van der Waals surface area contributed by atoms with Crippen molar-refractivity contribution < 1.29 is 0 Å². The van der Waals surface area contributed by atoms with Gasteiger partial charge in [0.05, 0.1) is 6.54 Å². The smallest absolute Gasteiger partial charge is 0.146 e. The van der Waals surface area contributed by atoms with Crippen LogP contribution in [0.15, 0.2) is 0 Å². The fraction of sp³-hybridized carbons (Fsp3) is 0.875. The molecule has 1 aromatic rings. The van der Waals surface area contributed by atoms with Gasteiger partial charge in [-0.1, -0.05) is 0 Å². The lowest BCUT2D eigenvalue weighted by Crippen LogP contribution is -2.44. The van der Waals surface area contributed by atoms with Gasteiger partial charge in [-0.3, -0.25) is 4.90 Å². The van der Waals surface area contributed by atoms with Crippen LogP contribution in [0.5, 0.6) is 0 Å². The molecule has 0 N–H and O–H groups in total. The summed E-state index contributed by atoms with van der Waals surface area (Å²) in [5.74, 6) is 8.01.